The van der Waals surface area contributed by atoms with Crippen molar-refractivity contribution >= 4 is 16.8 Å². The first kappa shape index (κ1) is 12.4. The van der Waals surface area contributed by atoms with Crippen LogP contribution in [0.5, 0.6) is 0 Å². The van der Waals surface area contributed by atoms with Crippen molar-refractivity contribution < 1.29 is 8.81 Å². The number of piperidine rings is 1. The average molecular weight is 263 g/mol. The van der Waals surface area contributed by atoms with Gasteiger partial charge in [-0.15, -0.1) is 0 Å². The third kappa shape index (κ3) is 2.42. The Balaban J connectivity index is 1.97. The molecule has 1 saturated heterocycles. The van der Waals surface area contributed by atoms with Gasteiger partial charge in [-0.25, -0.2) is 9.37 Å². The molecule has 102 valence electrons. The number of rotatable bonds is 3. The molecule has 4 nitrogen and oxygen atoms in total. The molecule has 1 N–H and O–H groups in total. The summed E-state index contributed by atoms with van der Waals surface area (Å²) >= 11 is 0. The topological polar surface area (TPSA) is 41.3 Å². The first-order valence-electron chi connectivity index (χ1n) is 6.76. The summed E-state index contributed by atoms with van der Waals surface area (Å²) in [4.78, 5) is 6.36. The summed E-state index contributed by atoms with van der Waals surface area (Å²) in [5, 5.41) is 2.98. The Hall–Kier alpha value is -1.62. The first-order chi connectivity index (χ1) is 9.28. The molecule has 1 fully saturated rings. The minimum Gasteiger partial charge on any atom is -0.439 e. The largest absolute Gasteiger partial charge is 0.439 e. The molecular formula is C14H18FN3O. The van der Waals surface area contributed by atoms with Crippen LogP contribution in [0.15, 0.2) is 16.5 Å². The Kier molecular flexibility index (Phi) is 3.38. The highest BCUT2D eigenvalue weighted by atomic mass is 19.1. The lowest BCUT2D eigenvalue weighted by molar-refractivity contribution is 0.510. The number of hydrogen-bond acceptors (Lipinski definition) is 4. The van der Waals surface area contributed by atoms with Gasteiger partial charge in [-0.1, -0.05) is 0 Å². The van der Waals surface area contributed by atoms with Crippen molar-refractivity contribution in [2.45, 2.75) is 25.8 Å². The summed E-state index contributed by atoms with van der Waals surface area (Å²) in [7, 11) is 1.83. The van der Waals surface area contributed by atoms with E-state index in [1.165, 1.54) is 12.5 Å². The Morgan fingerprint density at radius 2 is 2.11 bits per heavy atom. The molecule has 19 heavy (non-hydrogen) atoms. The molecule has 0 spiro atoms. The molecule has 0 atom stereocenters. The summed E-state index contributed by atoms with van der Waals surface area (Å²) in [6, 6.07) is 3.25. The summed E-state index contributed by atoms with van der Waals surface area (Å²) < 4.78 is 19.8. The number of hydrogen-bond donors (Lipinski definition) is 1. The molecule has 0 amide bonds. The molecule has 1 aromatic carbocycles. The van der Waals surface area contributed by atoms with Crippen LogP contribution in [0.3, 0.4) is 0 Å². The van der Waals surface area contributed by atoms with Gasteiger partial charge in [0.25, 0.3) is 0 Å². The number of aromatic nitrogens is 1. The maximum atomic E-state index is 14.2. The van der Waals surface area contributed by atoms with Crippen LogP contribution in [-0.2, 0) is 6.54 Å². The van der Waals surface area contributed by atoms with Gasteiger partial charge in [-0.2, -0.15) is 0 Å². The fourth-order valence-electron chi connectivity index (χ4n) is 2.59. The van der Waals surface area contributed by atoms with E-state index >= 15 is 0 Å². The molecule has 0 unspecified atom stereocenters. The van der Waals surface area contributed by atoms with Crippen LogP contribution in [-0.4, -0.2) is 25.1 Å². The number of benzene rings is 1. The highest BCUT2D eigenvalue weighted by molar-refractivity contribution is 5.78. The number of fused-ring (bicyclic) bond motifs is 1. The third-order valence-corrected chi connectivity index (χ3v) is 3.53. The fourth-order valence-corrected chi connectivity index (χ4v) is 2.59. The predicted octanol–water partition coefficient (Wildman–Crippen LogP) is 2.68. The molecule has 2 aromatic rings. The summed E-state index contributed by atoms with van der Waals surface area (Å²) in [5.41, 5.74) is 1.88. The van der Waals surface area contributed by atoms with E-state index in [1.54, 1.807) is 6.07 Å². The molecule has 1 aliphatic heterocycles. The zero-order valence-electron chi connectivity index (χ0n) is 11.1. The van der Waals surface area contributed by atoms with E-state index in [2.05, 4.69) is 15.2 Å². The lowest BCUT2D eigenvalue weighted by Crippen LogP contribution is -2.30. The smallest absolute Gasteiger partial charge is 0.209 e. The quantitative estimate of drug-likeness (QED) is 0.924. The van der Waals surface area contributed by atoms with Gasteiger partial charge in [0.05, 0.1) is 12.2 Å². The molecule has 1 aromatic heterocycles. The van der Waals surface area contributed by atoms with Crippen LogP contribution in [0.1, 0.15) is 25.2 Å². The number of anilines is 1. The van der Waals surface area contributed by atoms with E-state index in [9.17, 15) is 4.39 Å². The van der Waals surface area contributed by atoms with Crippen LogP contribution in [0.25, 0.3) is 11.1 Å². The van der Waals surface area contributed by atoms with Gasteiger partial charge in [0, 0.05) is 25.2 Å². The number of halogens is 1. The minimum absolute atomic E-state index is 0.210. The van der Waals surface area contributed by atoms with Gasteiger partial charge in [-0.3, -0.25) is 0 Å². The lowest BCUT2D eigenvalue weighted by atomic mass is 10.1. The molecule has 0 aliphatic carbocycles. The van der Waals surface area contributed by atoms with E-state index in [0.717, 1.165) is 25.9 Å². The molecule has 5 heteroatoms. The van der Waals surface area contributed by atoms with Crippen molar-refractivity contribution in [3.63, 3.8) is 0 Å². The highest BCUT2D eigenvalue weighted by Crippen LogP contribution is 2.28. The van der Waals surface area contributed by atoms with Crippen LogP contribution < -0.4 is 10.2 Å². The molecule has 0 saturated carbocycles. The lowest BCUT2D eigenvalue weighted by Gasteiger charge is -2.28. The van der Waals surface area contributed by atoms with Crippen molar-refractivity contribution in [3.05, 3.63) is 23.8 Å². The van der Waals surface area contributed by atoms with E-state index in [1.807, 2.05) is 7.05 Å². The Bertz CT molecular complexity index is 575. The molecule has 0 radical (unpaired) electrons. The molecule has 3 rings (SSSR count). The normalized spacial score (nSPS) is 16.2. The van der Waals surface area contributed by atoms with E-state index in [-0.39, 0.29) is 5.82 Å². The van der Waals surface area contributed by atoms with Gasteiger partial charge in [0.2, 0.25) is 5.89 Å². The van der Waals surface area contributed by atoms with Crippen molar-refractivity contribution in [1.29, 1.82) is 0 Å². The average Bonchev–Trinajstić information content (AvgIpc) is 2.80. The standard InChI is InChI=1S/C14H18FN3O/c1-16-9-14-17-11-7-10(15)12(8-13(11)19-14)18-5-3-2-4-6-18/h7-8,16H,2-6,9H2,1H3. The second-order valence-corrected chi connectivity index (χ2v) is 4.96. The fraction of sp³-hybridized carbons (Fsp3) is 0.500. The van der Waals surface area contributed by atoms with Crippen LogP contribution in [0.4, 0.5) is 10.1 Å². The summed E-state index contributed by atoms with van der Waals surface area (Å²) in [5.74, 6) is 0.381. The minimum atomic E-state index is -0.210. The zero-order chi connectivity index (χ0) is 13.2. The monoisotopic (exact) mass is 263 g/mol. The van der Waals surface area contributed by atoms with E-state index in [0.29, 0.717) is 29.2 Å². The SMILES string of the molecule is CNCc1nc2cc(F)c(N3CCCCC3)cc2o1. The summed E-state index contributed by atoms with van der Waals surface area (Å²) in [6.45, 7) is 2.38. The van der Waals surface area contributed by atoms with Gasteiger partial charge < -0.3 is 14.6 Å². The van der Waals surface area contributed by atoms with Crippen molar-refractivity contribution in [1.82, 2.24) is 10.3 Å². The van der Waals surface area contributed by atoms with Gasteiger partial charge in [0.15, 0.2) is 5.58 Å². The maximum absolute atomic E-state index is 14.2. The van der Waals surface area contributed by atoms with Crippen LogP contribution in [0.2, 0.25) is 0 Å². The van der Waals surface area contributed by atoms with Gasteiger partial charge in [0.1, 0.15) is 11.3 Å². The number of oxazole rings is 1. The molecule has 1 aliphatic rings. The zero-order valence-corrected chi connectivity index (χ0v) is 11.1. The van der Waals surface area contributed by atoms with Crippen molar-refractivity contribution in [3.8, 4) is 0 Å². The first-order valence-corrected chi connectivity index (χ1v) is 6.76. The molecular weight excluding hydrogens is 245 g/mol. The Morgan fingerprint density at radius 3 is 2.84 bits per heavy atom. The Labute approximate surface area is 111 Å². The highest BCUT2D eigenvalue weighted by Gasteiger charge is 2.17. The predicted molar refractivity (Wildman–Crippen MR) is 72.8 cm³/mol. The van der Waals surface area contributed by atoms with Crippen molar-refractivity contribution in [2.75, 3.05) is 25.0 Å². The van der Waals surface area contributed by atoms with Crippen LogP contribution >= 0.6 is 0 Å². The van der Waals surface area contributed by atoms with Gasteiger partial charge in [-0.05, 0) is 26.3 Å². The molecule has 0 bridgehead atoms. The van der Waals surface area contributed by atoms with E-state index < -0.39 is 0 Å². The second kappa shape index (κ2) is 5.17. The van der Waals surface area contributed by atoms with Crippen LogP contribution in [0, 0.1) is 5.82 Å². The third-order valence-electron chi connectivity index (χ3n) is 3.53. The summed E-state index contributed by atoms with van der Waals surface area (Å²) in [6.07, 6.45) is 3.48. The number of nitrogens with zero attached hydrogens (tertiary/aromatic N) is 2. The van der Waals surface area contributed by atoms with Gasteiger partial charge >= 0.3 is 0 Å². The number of nitrogens with one attached hydrogen (secondary N) is 1. The Morgan fingerprint density at radius 1 is 1.32 bits per heavy atom. The van der Waals surface area contributed by atoms with E-state index in [4.69, 9.17) is 4.42 Å². The molecule has 2 heterocycles. The van der Waals surface area contributed by atoms with Crippen molar-refractivity contribution in [2.24, 2.45) is 0 Å². The maximum Gasteiger partial charge on any atom is 0.209 e. The second-order valence-electron chi connectivity index (χ2n) is 4.96.